The Bertz CT molecular complexity index is 430. The number of aromatic hydroxyl groups is 1. The van der Waals surface area contributed by atoms with Gasteiger partial charge in [-0.3, -0.25) is 4.72 Å². The van der Waals surface area contributed by atoms with E-state index in [1.165, 1.54) is 13.0 Å². The van der Waals surface area contributed by atoms with Gasteiger partial charge in [-0.2, -0.15) is 0 Å². The van der Waals surface area contributed by atoms with E-state index in [0.717, 1.165) is 12.1 Å². The fourth-order valence-corrected chi connectivity index (χ4v) is 1.47. The topological polar surface area (TPSA) is 66.4 Å². The van der Waals surface area contributed by atoms with Crippen LogP contribution in [0.25, 0.3) is 0 Å². The van der Waals surface area contributed by atoms with Crippen molar-refractivity contribution in [2.24, 2.45) is 0 Å². The fraction of sp³-hybridized carbons (Fsp3) is 0.250. The Morgan fingerprint density at radius 2 is 2.14 bits per heavy atom. The first-order valence-electron chi connectivity index (χ1n) is 3.93. The van der Waals surface area contributed by atoms with Crippen molar-refractivity contribution in [1.82, 2.24) is 0 Å². The van der Waals surface area contributed by atoms with Crippen LogP contribution in [-0.4, -0.2) is 19.3 Å². The lowest BCUT2D eigenvalue weighted by Crippen LogP contribution is -2.15. The van der Waals surface area contributed by atoms with Crippen molar-refractivity contribution in [1.29, 1.82) is 0 Å². The molecule has 4 nitrogen and oxygen atoms in total. The first kappa shape index (κ1) is 10.8. The predicted molar refractivity (Wildman–Crippen MR) is 51.1 cm³/mol. The second-order valence-corrected chi connectivity index (χ2v) is 4.68. The average molecular weight is 219 g/mol. The standard InChI is InChI=1S/C8H10FNO3S/c1-2-14(12,13)10-8-4-3-6(11)5-7(8)9/h3-5,10-11H,2H2,1H3. The third-order valence-corrected chi connectivity index (χ3v) is 2.89. The Morgan fingerprint density at radius 1 is 1.50 bits per heavy atom. The van der Waals surface area contributed by atoms with Crippen molar-refractivity contribution in [2.75, 3.05) is 10.5 Å². The Kier molecular flexibility index (Phi) is 2.95. The summed E-state index contributed by atoms with van der Waals surface area (Å²) < 4.78 is 37.2. The van der Waals surface area contributed by atoms with Gasteiger partial charge in [-0.1, -0.05) is 0 Å². The van der Waals surface area contributed by atoms with Crippen LogP contribution in [0.5, 0.6) is 5.75 Å². The maximum atomic E-state index is 13.0. The van der Waals surface area contributed by atoms with Crippen LogP contribution in [0.1, 0.15) is 6.92 Å². The van der Waals surface area contributed by atoms with Crippen LogP contribution >= 0.6 is 0 Å². The van der Waals surface area contributed by atoms with Crippen LogP contribution < -0.4 is 4.72 Å². The Labute approximate surface area is 81.4 Å². The lowest BCUT2D eigenvalue weighted by atomic mass is 10.3. The highest BCUT2D eigenvalue weighted by Crippen LogP contribution is 2.20. The van der Waals surface area contributed by atoms with Crippen molar-refractivity contribution >= 4 is 15.7 Å². The van der Waals surface area contributed by atoms with E-state index in [0.29, 0.717) is 0 Å². The van der Waals surface area contributed by atoms with Gasteiger partial charge >= 0.3 is 0 Å². The molecule has 78 valence electrons. The van der Waals surface area contributed by atoms with Crippen molar-refractivity contribution < 1.29 is 17.9 Å². The lowest BCUT2D eigenvalue weighted by Gasteiger charge is -2.06. The second-order valence-electron chi connectivity index (χ2n) is 2.67. The highest BCUT2D eigenvalue weighted by atomic mass is 32.2. The summed E-state index contributed by atoms with van der Waals surface area (Å²) in [5.74, 6) is -1.18. The van der Waals surface area contributed by atoms with E-state index in [9.17, 15) is 12.8 Å². The zero-order chi connectivity index (χ0) is 10.8. The fourth-order valence-electron chi connectivity index (χ4n) is 0.826. The van der Waals surface area contributed by atoms with Gasteiger partial charge in [0.2, 0.25) is 10.0 Å². The van der Waals surface area contributed by atoms with Gasteiger partial charge < -0.3 is 5.11 Å². The van der Waals surface area contributed by atoms with Gasteiger partial charge in [0.1, 0.15) is 5.75 Å². The number of hydrogen-bond acceptors (Lipinski definition) is 3. The van der Waals surface area contributed by atoms with Crippen LogP contribution in [0.4, 0.5) is 10.1 Å². The maximum absolute atomic E-state index is 13.0. The molecule has 1 aromatic carbocycles. The number of hydrogen-bond donors (Lipinski definition) is 2. The summed E-state index contributed by atoms with van der Waals surface area (Å²) in [6.07, 6.45) is 0. The minimum atomic E-state index is -3.48. The Hall–Kier alpha value is -1.30. The van der Waals surface area contributed by atoms with Gasteiger partial charge in [-0.05, 0) is 19.1 Å². The van der Waals surface area contributed by atoms with Crippen molar-refractivity contribution in [3.8, 4) is 5.75 Å². The molecular weight excluding hydrogens is 209 g/mol. The van der Waals surface area contributed by atoms with Gasteiger partial charge in [0.25, 0.3) is 0 Å². The maximum Gasteiger partial charge on any atom is 0.232 e. The molecule has 0 saturated carbocycles. The summed E-state index contributed by atoms with van der Waals surface area (Å²) in [5, 5.41) is 8.88. The van der Waals surface area contributed by atoms with E-state index < -0.39 is 15.8 Å². The normalized spacial score (nSPS) is 11.3. The summed E-state index contributed by atoms with van der Waals surface area (Å²) in [6, 6.07) is 3.21. The zero-order valence-electron chi connectivity index (χ0n) is 7.49. The third kappa shape index (κ3) is 2.59. The SMILES string of the molecule is CCS(=O)(=O)Nc1ccc(O)cc1F. The quantitative estimate of drug-likeness (QED) is 0.753. The summed E-state index contributed by atoms with van der Waals surface area (Å²) in [4.78, 5) is 0. The van der Waals surface area contributed by atoms with Crippen LogP contribution in [-0.2, 0) is 10.0 Å². The number of benzene rings is 1. The van der Waals surface area contributed by atoms with Crippen LogP contribution in [0, 0.1) is 5.82 Å². The van der Waals surface area contributed by atoms with Crippen LogP contribution in [0.3, 0.4) is 0 Å². The number of sulfonamides is 1. The monoisotopic (exact) mass is 219 g/mol. The molecule has 1 aromatic rings. The molecule has 0 bridgehead atoms. The van der Waals surface area contributed by atoms with Gasteiger partial charge in [-0.25, -0.2) is 12.8 Å². The lowest BCUT2D eigenvalue weighted by molar-refractivity contribution is 0.469. The number of phenolic OH excluding ortho intramolecular Hbond substituents is 1. The molecule has 0 aliphatic carbocycles. The molecule has 0 radical (unpaired) electrons. The molecule has 0 aliphatic rings. The first-order chi connectivity index (χ1) is 6.44. The second kappa shape index (κ2) is 3.83. The van der Waals surface area contributed by atoms with Crippen LogP contribution in [0.15, 0.2) is 18.2 Å². The summed E-state index contributed by atoms with van der Waals surface area (Å²) >= 11 is 0. The highest BCUT2D eigenvalue weighted by molar-refractivity contribution is 7.92. The van der Waals surface area contributed by atoms with Gasteiger partial charge in [0, 0.05) is 6.07 Å². The molecule has 1 rings (SSSR count). The molecule has 0 fully saturated rings. The van der Waals surface area contributed by atoms with Crippen molar-refractivity contribution in [3.05, 3.63) is 24.0 Å². The molecule has 0 saturated heterocycles. The summed E-state index contributed by atoms with van der Waals surface area (Å²) in [5.41, 5.74) is -0.162. The van der Waals surface area contributed by atoms with E-state index in [-0.39, 0.29) is 17.2 Å². The van der Waals surface area contributed by atoms with E-state index >= 15 is 0 Å². The summed E-state index contributed by atoms with van der Waals surface area (Å²) in [7, 11) is -3.48. The predicted octanol–water partition coefficient (Wildman–Crippen LogP) is 1.29. The number of nitrogens with one attached hydrogen (secondary N) is 1. The van der Waals surface area contributed by atoms with E-state index in [2.05, 4.69) is 0 Å². The Balaban J connectivity index is 2.99. The highest BCUT2D eigenvalue weighted by Gasteiger charge is 2.10. The third-order valence-electron chi connectivity index (χ3n) is 1.60. The number of rotatable bonds is 3. The number of phenols is 1. The van der Waals surface area contributed by atoms with Crippen molar-refractivity contribution in [3.63, 3.8) is 0 Å². The van der Waals surface area contributed by atoms with E-state index in [1.54, 1.807) is 0 Å². The molecule has 6 heteroatoms. The minimum absolute atomic E-state index is 0.132. The molecule has 0 spiro atoms. The van der Waals surface area contributed by atoms with E-state index in [1.807, 2.05) is 4.72 Å². The molecule has 0 aromatic heterocycles. The van der Waals surface area contributed by atoms with Crippen LogP contribution in [0.2, 0.25) is 0 Å². The van der Waals surface area contributed by atoms with E-state index in [4.69, 9.17) is 5.11 Å². The largest absolute Gasteiger partial charge is 0.508 e. The van der Waals surface area contributed by atoms with Gasteiger partial charge in [0.15, 0.2) is 5.82 Å². The average Bonchev–Trinajstić information content (AvgIpc) is 2.10. The molecular formula is C8H10FNO3S. The van der Waals surface area contributed by atoms with Gasteiger partial charge in [0.05, 0.1) is 11.4 Å². The minimum Gasteiger partial charge on any atom is -0.508 e. The number of anilines is 1. The summed E-state index contributed by atoms with van der Waals surface area (Å²) in [6.45, 7) is 1.45. The first-order valence-corrected chi connectivity index (χ1v) is 5.59. The smallest absolute Gasteiger partial charge is 0.232 e. The number of halogens is 1. The molecule has 0 amide bonds. The Morgan fingerprint density at radius 3 is 2.64 bits per heavy atom. The van der Waals surface area contributed by atoms with Crippen molar-refractivity contribution in [2.45, 2.75) is 6.92 Å². The molecule has 0 unspecified atom stereocenters. The molecule has 0 aliphatic heterocycles. The molecule has 0 atom stereocenters. The zero-order valence-corrected chi connectivity index (χ0v) is 8.31. The molecule has 0 heterocycles. The molecule has 14 heavy (non-hydrogen) atoms. The molecule has 2 N–H and O–H groups in total. The van der Waals surface area contributed by atoms with Gasteiger partial charge in [-0.15, -0.1) is 0 Å².